The zero-order valence-electron chi connectivity index (χ0n) is 12.9. The number of nitrogens with zero attached hydrogens (tertiary/aromatic N) is 1. The van der Waals surface area contributed by atoms with E-state index in [0.29, 0.717) is 32.5 Å². The molecule has 2 rings (SSSR count). The number of hydrogen-bond donors (Lipinski definition) is 2. The lowest BCUT2D eigenvalue weighted by molar-refractivity contribution is -0.133. The van der Waals surface area contributed by atoms with Crippen LogP contribution in [0.3, 0.4) is 0 Å². The number of aliphatic hydroxyl groups is 1. The first kappa shape index (κ1) is 19.6. The van der Waals surface area contributed by atoms with Crippen LogP contribution >= 0.6 is 23.7 Å². The van der Waals surface area contributed by atoms with Crippen molar-refractivity contribution in [2.24, 2.45) is 5.73 Å². The third kappa shape index (κ3) is 6.31. The number of benzene rings is 1. The van der Waals surface area contributed by atoms with E-state index < -0.39 is 6.10 Å². The highest BCUT2D eigenvalue weighted by Crippen LogP contribution is 2.19. The molecule has 1 unspecified atom stereocenters. The van der Waals surface area contributed by atoms with Crippen molar-refractivity contribution in [1.29, 1.82) is 0 Å². The first-order valence-corrected chi connectivity index (χ1v) is 8.37. The molecular formula is C17H23ClN2O2S. The summed E-state index contributed by atoms with van der Waals surface area (Å²) in [5.74, 6) is 0.0311. The Balaban J connectivity index is 0.00000264. The molecule has 0 aliphatic carbocycles. The fourth-order valence-electron chi connectivity index (χ4n) is 2.25. The summed E-state index contributed by atoms with van der Waals surface area (Å²) >= 11 is 1.54. The van der Waals surface area contributed by atoms with Gasteiger partial charge in [-0.05, 0) is 40.9 Å². The molecule has 0 saturated heterocycles. The quantitative estimate of drug-likeness (QED) is 0.765. The van der Waals surface area contributed by atoms with Crippen molar-refractivity contribution in [2.75, 3.05) is 13.1 Å². The lowest BCUT2D eigenvalue weighted by Crippen LogP contribution is -2.34. The Hall–Kier alpha value is -1.40. The van der Waals surface area contributed by atoms with Crippen LogP contribution in [0.4, 0.5) is 0 Å². The van der Waals surface area contributed by atoms with E-state index in [-0.39, 0.29) is 18.3 Å². The van der Waals surface area contributed by atoms with Crippen molar-refractivity contribution in [3.8, 4) is 0 Å². The summed E-state index contributed by atoms with van der Waals surface area (Å²) < 4.78 is 0. The molecule has 23 heavy (non-hydrogen) atoms. The highest BCUT2D eigenvalue weighted by Gasteiger charge is 2.19. The zero-order valence-corrected chi connectivity index (χ0v) is 14.6. The molecule has 1 aromatic heterocycles. The smallest absolute Gasteiger partial charge is 0.223 e. The van der Waals surface area contributed by atoms with Gasteiger partial charge in [0.1, 0.15) is 0 Å². The van der Waals surface area contributed by atoms with Crippen molar-refractivity contribution in [2.45, 2.75) is 25.5 Å². The van der Waals surface area contributed by atoms with E-state index in [4.69, 9.17) is 5.73 Å². The first-order chi connectivity index (χ1) is 10.7. The van der Waals surface area contributed by atoms with Crippen LogP contribution in [0.15, 0.2) is 47.2 Å². The number of nitrogens with two attached hydrogens (primary N) is 1. The Morgan fingerprint density at radius 2 is 2.00 bits per heavy atom. The Kier molecular flexibility index (Phi) is 8.87. The van der Waals surface area contributed by atoms with Crippen LogP contribution in [-0.2, 0) is 11.3 Å². The predicted octanol–water partition coefficient (Wildman–Crippen LogP) is 2.97. The van der Waals surface area contributed by atoms with Gasteiger partial charge in [0, 0.05) is 13.0 Å². The van der Waals surface area contributed by atoms with Gasteiger partial charge in [0.05, 0.1) is 12.6 Å². The van der Waals surface area contributed by atoms with Gasteiger partial charge in [-0.1, -0.05) is 30.3 Å². The minimum Gasteiger partial charge on any atom is -0.387 e. The van der Waals surface area contributed by atoms with E-state index in [1.165, 1.54) is 0 Å². The van der Waals surface area contributed by atoms with Crippen molar-refractivity contribution < 1.29 is 9.90 Å². The van der Waals surface area contributed by atoms with Crippen LogP contribution in [0.2, 0.25) is 0 Å². The summed E-state index contributed by atoms with van der Waals surface area (Å²) in [5, 5.41) is 14.2. The number of thiophene rings is 1. The van der Waals surface area contributed by atoms with Gasteiger partial charge in [0.15, 0.2) is 0 Å². The van der Waals surface area contributed by atoms with Crippen molar-refractivity contribution in [3.05, 3.63) is 58.3 Å². The van der Waals surface area contributed by atoms with Gasteiger partial charge in [-0.2, -0.15) is 11.3 Å². The van der Waals surface area contributed by atoms with E-state index >= 15 is 0 Å². The average molecular weight is 355 g/mol. The van der Waals surface area contributed by atoms with Crippen molar-refractivity contribution in [3.63, 3.8) is 0 Å². The summed E-state index contributed by atoms with van der Waals surface area (Å²) in [6.45, 7) is 1.30. The van der Waals surface area contributed by atoms with Gasteiger partial charge in [-0.3, -0.25) is 4.79 Å². The molecule has 0 spiro atoms. The van der Waals surface area contributed by atoms with Gasteiger partial charge in [0.2, 0.25) is 5.91 Å². The molecule has 0 saturated carbocycles. The lowest BCUT2D eigenvalue weighted by Gasteiger charge is -2.25. The molecule has 0 bridgehead atoms. The number of carbonyl (C=O) groups is 1. The van der Waals surface area contributed by atoms with Crippen LogP contribution in [0.25, 0.3) is 0 Å². The molecule has 2 aromatic rings. The number of aliphatic hydroxyl groups excluding tert-OH is 1. The molecule has 1 heterocycles. The Bertz CT molecular complexity index is 563. The Morgan fingerprint density at radius 3 is 2.61 bits per heavy atom. The fraction of sp³-hybridized carbons (Fsp3) is 0.353. The fourth-order valence-corrected chi connectivity index (χ4v) is 2.96. The van der Waals surface area contributed by atoms with E-state index in [0.717, 1.165) is 11.1 Å². The predicted molar refractivity (Wildman–Crippen MR) is 96.7 cm³/mol. The molecular weight excluding hydrogens is 332 g/mol. The standard InChI is InChI=1S/C17H22N2O2S.ClH/c18-9-4-7-17(21)19(11-14-5-2-1-3-6-14)12-16(20)15-8-10-22-13-15;/h1-3,5-6,8,10,13,16,20H,4,7,9,11-12,18H2;1H. The van der Waals surface area contributed by atoms with Crippen molar-refractivity contribution >= 4 is 29.7 Å². The van der Waals surface area contributed by atoms with E-state index in [1.54, 1.807) is 16.2 Å². The Labute approximate surface area is 147 Å². The molecule has 3 N–H and O–H groups in total. The van der Waals surface area contributed by atoms with Crippen LogP contribution < -0.4 is 5.73 Å². The minimum absolute atomic E-state index is 0. The zero-order chi connectivity index (χ0) is 15.8. The van der Waals surface area contributed by atoms with Gasteiger partial charge >= 0.3 is 0 Å². The minimum atomic E-state index is -0.656. The summed E-state index contributed by atoms with van der Waals surface area (Å²) in [4.78, 5) is 14.1. The molecule has 1 aromatic carbocycles. The maximum Gasteiger partial charge on any atom is 0.223 e. The summed E-state index contributed by atoms with van der Waals surface area (Å²) in [5.41, 5.74) is 7.40. The SMILES string of the molecule is Cl.NCCCC(=O)N(Cc1ccccc1)CC(O)c1ccsc1. The molecule has 4 nitrogen and oxygen atoms in total. The second kappa shape index (κ2) is 10.4. The van der Waals surface area contributed by atoms with Crippen molar-refractivity contribution in [1.82, 2.24) is 4.90 Å². The topological polar surface area (TPSA) is 66.6 Å². The summed E-state index contributed by atoms with van der Waals surface area (Å²) in [7, 11) is 0. The number of hydrogen-bond acceptors (Lipinski definition) is 4. The van der Waals surface area contributed by atoms with E-state index in [9.17, 15) is 9.90 Å². The average Bonchev–Trinajstić information content (AvgIpc) is 3.07. The van der Waals surface area contributed by atoms with E-state index in [2.05, 4.69) is 0 Å². The Morgan fingerprint density at radius 1 is 1.26 bits per heavy atom. The van der Waals surface area contributed by atoms with Crippen LogP contribution in [0.5, 0.6) is 0 Å². The molecule has 0 radical (unpaired) electrons. The van der Waals surface area contributed by atoms with Gasteiger partial charge in [-0.25, -0.2) is 0 Å². The number of rotatable bonds is 8. The first-order valence-electron chi connectivity index (χ1n) is 7.42. The molecule has 6 heteroatoms. The van der Waals surface area contributed by atoms with Gasteiger partial charge < -0.3 is 15.7 Å². The number of carbonyl (C=O) groups excluding carboxylic acids is 1. The monoisotopic (exact) mass is 354 g/mol. The molecule has 0 aliphatic heterocycles. The molecule has 1 atom stereocenters. The third-order valence-corrected chi connectivity index (χ3v) is 4.19. The third-order valence-electron chi connectivity index (χ3n) is 3.49. The normalized spacial score (nSPS) is 11.6. The second-order valence-electron chi connectivity index (χ2n) is 5.22. The molecule has 1 amide bonds. The highest BCUT2D eigenvalue weighted by atomic mass is 35.5. The number of amides is 1. The largest absolute Gasteiger partial charge is 0.387 e. The summed E-state index contributed by atoms with van der Waals surface area (Å²) in [6.07, 6.45) is 0.426. The number of halogens is 1. The van der Waals surface area contributed by atoms with Gasteiger partial charge in [-0.15, -0.1) is 12.4 Å². The van der Waals surface area contributed by atoms with Crippen LogP contribution in [0.1, 0.15) is 30.1 Å². The van der Waals surface area contributed by atoms with Crippen LogP contribution in [-0.4, -0.2) is 29.0 Å². The molecule has 126 valence electrons. The molecule has 0 aliphatic rings. The second-order valence-corrected chi connectivity index (χ2v) is 6.00. The van der Waals surface area contributed by atoms with Crippen LogP contribution in [0, 0.1) is 0 Å². The maximum atomic E-state index is 12.4. The highest BCUT2D eigenvalue weighted by molar-refractivity contribution is 7.07. The summed E-state index contributed by atoms with van der Waals surface area (Å²) in [6, 6.07) is 11.7. The van der Waals surface area contributed by atoms with Gasteiger partial charge in [0.25, 0.3) is 0 Å². The van der Waals surface area contributed by atoms with E-state index in [1.807, 2.05) is 47.2 Å². The molecule has 0 fully saturated rings. The lowest BCUT2D eigenvalue weighted by atomic mass is 10.1. The maximum absolute atomic E-state index is 12.4.